The normalized spacial score (nSPS) is 10.4. The van der Waals surface area contributed by atoms with Crippen LogP contribution in [-0.2, 0) is 4.79 Å². The predicted molar refractivity (Wildman–Crippen MR) is 84.4 cm³/mol. The number of carbonyl (C=O) groups excluding carboxylic acids is 2. The molecule has 0 aliphatic rings. The van der Waals surface area contributed by atoms with Gasteiger partial charge in [-0.25, -0.2) is 4.68 Å². The maximum atomic E-state index is 11.9. The molecule has 0 saturated heterocycles. The molecule has 2 N–H and O–H groups in total. The Balaban J connectivity index is 2.15. The van der Waals surface area contributed by atoms with Gasteiger partial charge in [0.15, 0.2) is 0 Å². The zero-order valence-corrected chi connectivity index (χ0v) is 13.4. The lowest BCUT2D eigenvalue weighted by atomic mass is 10.2. The zero-order valence-electron chi connectivity index (χ0n) is 12.6. The lowest BCUT2D eigenvalue weighted by Gasteiger charge is -2.07. The number of nitrogens with one attached hydrogen (secondary N) is 2. The van der Waals surface area contributed by atoms with Crippen LogP contribution < -0.4 is 10.6 Å². The monoisotopic (exact) mass is 320 g/mol. The number of hydrogen-bond acceptors (Lipinski definition) is 3. The fourth-order valence-electron chi connectivity index (χ4n) is 1.98. The Bertz CT molecular complexity index is 707. The second-order valence-electron chi connectivity index (χ2n) is 4.80. The Labute approximate surface area is 133 Å². The molecule has 6 nitrogen and oxygen atoms in total. The van der Waals surface area contributed by atoms with E-state index >= 15 is 0 Å². The van der Waals surface area contributed by atoms with E-state index in [0.29, 0.717) is 10.6 Å². The van der Waals surface area contributed by atoms with E-state index in [-0.39, 0.29) is 18.4 Å². The van der Waals surface area contributed by atoms with E-state index in [2.05, 4.69) is 15.7 Å². The maximum absolute atomic E-state index is 11.9. The summed E-state index contributed by atoms with van der Waals surface area (Å²) in [5.41, 5.74) is 2.89. The first kappa shape index (κ1) is 16.0. The number of benzene rings is 1. The highest BCUT2D eigenvalue weighted by Crippen LogP contribution is 2.22. The number of hydrogen-bond donors (Lipinski definition) is 2. The number of nitrogens with zero attached hydrogens (tertiary/aromatic N) is 2. The van der Waals surface area contributed by atoms with Gasteiger partial charge < -0.3 is 10.6 Å². The molecule has 2 amide bonds. The van der Waals surface area contributed by atoms with Gasteiger partial charge >= 0.3 is 0 Å². The summed E-state index contributed by atoms with van der Waals surface area (Å²) in [4.78, 5) is 23.0. The van der Waals surface area contributed by atoms with Crippen molar-refractivity contribution >= 4 is 23.4 Å². The fraction of sp³-hybridized carbons (Fsp3) is 0.267. The van der Waals surface area contributed by atoms with E-state index in [0.717, 1.165) is 17.1 Å². The van der Waals surface area contributed by atoms with E-state index in [1.165, 1.54) is 7.05 Å². The molecule has 1 heterocycles. The SMILES string of the molecule is CNC(=O)CNC(=O)c1ccc(-n2nc(C)c(Cl)c2C)cc1. The molecule has 1 aromatic heterocycles. The third kappa shape index (κ3) is 3.28. The molecule has 7 heteroatoms. The summed E-state index contributed by atoms with van der Waals surface area (Å²) < 4.78 is 1.73. The highest BCUT2D eigenvalue weighted by Gasteiger charge is 2.12. The number of aryl methyl sites for hydroxylation is 1. The van der Waals surface area contributed by atoms with Gasteiger partial charge in [0.05, 0.1) is 28.6 Å². The van der Waals surface area contributed by atoms with Crippen molar-refractivity contribution in [2.75, 3.05) is 13.6 Å². The third-order valence-electron chi connectivity index (χ3n) is 3.27. The average Bonchev–Trinajstić information content (AvgIpc) is 2.80. The van der Waals surface area contributed by atoms with E-state index in [1.807, 2.05) is 13.8 Å². The van der Waals surface area contributed by atoms with Gasteiger partial charge in [0, 0.05) is 12.6 Å². The van der Waals surface area contributed by atoms with Crippen LogP contribution in [0.3, 0.4) is 0 Å². The first-order chi connectivity index (χ1) is 10.4. The van der Waals surface area contributed by atoms with Gasteiger partial charge in [0.25, 0.3) is 5.91 Å². The van der Waals surface area contributed by atoms with Crippen LogP contribution >= 0.6 is 11.6 Å². The van der Waals surface area contributed by atoms with Crippen molar-refractivity contribution in [2.45, 2.75) is 13.8 Å². The van der Waals surface area contributed by atoms with Crippen LogP contribution in [0.25, 0.3) is 5.69 Å². The Morgan fingerprint density at radius 3 is 2.36 bits per heavy atom. The van der Waals surface area contributed by atoms with E-state index in [9.17, 15) is 9.59 Å². The van der Waals surface area contributed by atoms with Crippen molar-refractivity contribution in [3.05, 3.63) is 46.2 Å². The van der Waals surface area contributed by atoms with Crippen LogP contribution in [0, 0.1) is 13.8 Å². The Hall–Kier alpha value is -2.34. The van der Waals surface area contributed by atoms with Gasteiger partial charge in [0.2, 0.25) is 5.91 Å². The molecular weight excluding hydrogens is 304 g/mol. The molecule has 0 atom stereocenters. The molecule has 1 aromatic carbocycles. The van der Waals surface area contributed by atoms with Gasteiger partial charge in [0.1, 0.15) is 0 Å². The third-order valence-corrected chi connectivity index (χ3v) is 3.81. The molecular formula is C15H17ClN4O2. The van der Waals surface area contributed by atoms with Crippen LogP contribution in [0.15, 0.2) is 24.3 Å². The largest absolute Gasteiger partial charge is 0.358 e. The van der Waals surface area contributed by atoms with Gasteiger partial charge in [-0.3, -0.25) is 9.59 Å². The second kappa shape index (κ2) is 6.62. The number of likely N-dealkylation sites (N-methyl/N-ethyl adjacent to an activating group) is 1. The summed E-state index contributed by atoms with van der Waals surface area (Å²) in [5, 5.41) is 9.97. The van der Waals surface area contributed by atoms with Gasteiger partial charge in [-0.1, -0.05) is 11.6 Å². The summed E-state index contributed by atoms with van der Waals surface area (Å²) in [7, 11) is 1.52. The molecule has 116 valence electrons. The standard InChI is InChI=1S/C15H17ClN4O2/c1-9-14(16)10(2)20(19-9)12-6-4-11(5-7-12)15(22)18-8-13(21)17-3/h4-7H,8H2,1-3H3,(H,17,21)(H,18,22). The molecule has 22 heavy (non-hydrogen) atoms. The number of aromatic nitrogens is 2. The first-order valence-electron chi connectivity index (χ1n) is 6.75. The summed E-state index contributed by atoms with van der Waals surface area (Å²) >= 11 is 6.13. The topological polar surface area (TPSA) is 76.0 Å². The van der Waals surface area contributed by atoms with Crippen LogP contribution in [-0.4, -0.2) is 35.2 Å². The van der Waals surface area contributed by atoms with Crippen molar-refractivity contribution in [1.82, 2.24) is 20.4 Å². The number of carbonyl (C=O) groups is 2. The Morgan fingerprint density at radius 2 is 1.86 bits per heavy atom. The second-order valence-corrected chi connectivity index (χ2v) is 5.18. The molecule has 0 aliphatic heterocycles. The predicted octanol–water partition coefficient (Wildman–Crippen LogP) is 1.62. The minimum absolute atomic E-state index is 0.0514. The minimum atomic E-state index is -0.304. The molecule has 2 rings (SSSR count). The molecule has 0 bridgehead atoms. The van der Waals surface area contributed by atoms with Crippen LogP contribution in [0.2, 0.25) is 5.02 Å². The molecule has 0 radical (unpaired) electrons. The summed E-state index contributed by atoms with van der Waals surface area (Å²) in [6, 6.07) is 6.92. The van der Waals surface area contributed by atoms with Gasteiger partial charge in [-0.15, -0.1) is 0 Å². The van der Waals surface area contributed by atoms with E-state index < -0.39 is 0 Å². The van der Waals surface area contributed by atoms with Crippen LogP contribution in [0.4, 0.5) is 0 Å². The maximum Gasteiger partial charge on any atom is 0.251 e. The van der Waals surface area contributed by atoms with E-state index in [4.69, 9.17) is 11.6 Å². The van der Waals surface area contributed by atoms with Crippen molar-refractivity contribution in [1.29, 1.82) is 0 Å². The summed E-state index contributed by atoms with van der Waals surface area (Å²) in [6.45, 7) is 3.67. The molecule has 0 spiro atoms. The van der Waals surface area contributed by atoms with E-state index in [1.54, 1.807) is 28.9 Å². The minimum Gasteiger partial charge on any atom is -0.358 e. The Kier molecular flexibility index (Phi) is 4.82. The summed E-state index contributed by atoms with van der Waals surface area (Å²) in [6.07, 6.45) is 0. The van der Waals surface area contributed by atoms with Crippen molar-refractivity contribution < 1.29 is 9.59 Å². The quantitative estimate of drug-likeness (QED) is 0.898. The number of amides is 2. The number of rotatable bonds is 4. The van der Waals surface area contributed by atoms with Gasteiger partial charge in [-0.05, 0) is 38.1 Å². The van der Waals surface area contributed by atoms with Crippen molar-refractivity contribution in [3.8, 4) is 5.69 Å². The molecule has 2 aromatic rings. The zero-order chi connectivity index (χ0) is 16.3. The molecule has 0 unspecified atom stereocenters. The van der Waals surface area contributed by atoms with Gasteiger partial charge in [-0.2, -0.15) is 5.10 Å². The van der Waals surface area contributed by atoms with Crippen LogP contribution in [0.5, 0.6) is 0 Å². The smallest absolute Gasteiger partial charge is 0.251 e. The lowest BCUT2D eigenvalue weighted by molar-refractivity contribution is -0.119. The fourth-order valence-corrected chi connectivity index (χ4v) is 2.10. The molecule has 0 fully saturated rings. The Morgan fingerprint density at radius 1 is 1.23 bits per heavy atom. The highest BCUT2D eigenvalue weighted by atomic mass is 35.5. The summed E-state index contributed by atoms with van der Waals surface area (Å²) in [5.74, 6) is -0.552. The molecule has 0 aliphatic carbocycles. The lowest BCUT2D eigenvalue weighted by Crippen LogP contribution is -2.35. The molecule has 0 saturated carbocycles. The van der Waals surface area contributed by atoms with Crippen molar-refractivity contribution in [2.24, 2.45) is 0 Å². The highest BCUT2D eigenvalue weighted by molar-refractivity contribution is 6.31. The first-order valence-corrected chi connectivity index (χ1v) is 7.12. The van der Waals surface area contributed by atoms with Crippen LogP contribution in [0.1, 0.15) is 21.7 Å². The number of halogens is 1. The average molecular weight is 321 g/mol. The van der Waals surface area contributed by atoms with Crippen molar-refractivity contribution in [3.63, 3.8) is 0 Å².